The van der Waals surface area contributed by atoms with Crippen LogP contribution in [0, 0.1) is 5.92 Å². The van der Waals surface area contributed by atoms with Gasteiger partial charge < -0.3 is 15.8 Å². The Balaban J connectivity index is 2.25. The highest BCUT2D eigenvalue weighted by Crippen LogP contribution is 2.29. The summed E-state index contributed by atoms with van der Waals surface area (Å²) in [7, 11) is 0. The van der Waals surface area contributed by atoms with Crippen molar-refractivity contribution in [1.82, 2.24) is 5.32 Å². The van der Waals surface area contributed by atoms with Gasteiger partial charge in [0.2, 0.25) is 5.91 Å². The average Bonchev–Trinajstić information content (AvgIpc) is 2.07. The van der Waals surface area contributed by atoms with Crippen LogP contribution in [0.15, 0.2) is 0 Å². The molecule has 0 aromatic carbocycles. The number of nitrogens with two attached hydrogens (primary N) is 1. The van der Waals surface area contributed by atoms with Gasteiger partial charge in [0.25, 0.3) is 0 Å². The number of rotatable bonds is 4. The highest BCUT2D eigenvalue weighted by molar-refractivity contribution is 5.81. The SMILES string of the molecule is CC(OC1CC(CN)C1)C(=O)NC(C)(C)C. The van der Waals surface area contributed by atoms with Gasteiger partial charge in [-0.2, -0.15) is 0 Å². The van der Waals surface area contributed by atoms with Gasteiger partial charge in [0.1, 0.15) is 6.10 Å². The largest absolute Gasteiger partial charge is 0.365 e. The van der Waals surface area contributed by atoms with Crippen LogP contribution in [0.1, 0.15) is 40.5 Å². The molecule has 94 valence electrons. The molecule has 1 rings (SSSR count). The zero-order valence-electron chi connectivity index (χ0n) is 10.7. The Morgan fingerprint density at radius 3 is 2.50 bits per heavy atom. The van der Waals surface area contributed by atoms with Gasteiger partial charge in [-0.3, -0.25) is 4.79 Å². The minimum atomic E-state index is -0.372. The molecule has 0 aromatic heterocycles. The van der Waals surface area contributed by atoms with Crippen LogP contribution in [0.3, 0.4) is 0 Å². The first kappa shape index (κ1) is 13.5. The lowest BCUT2D eigenvalue weighted by atomic mass is 9.82. The monoisotopic (exact) mass is 228 g/mol. The van der Waals surface area contributed by atoms with Gasteiger partial charge in [0.05, 0.1) is 6.10 Å². The van der Waals surface area contributed by atoms with Gasteiger partial charge in [0.15, 0.2) is 0 Å². The molecule has 0 bridgehead atoms. The van der Waals surface area contributed by atoms with E-state index in [4.69, 9.17) is 10.5 Å². The fraction of sp³-hybridized carbons (Fsp3) is 0.917. The third-order valence-electron chi connectivity index (χ3n) is 2.79. The molecular weight excluding hydrogens is 204 g/mol. The summed E-state index contributed by atoms with van der Waals surface area (Å²) in [5, 5.41) is 2.91. The van der Waals surface area contributed by atoms with Crippen molar-refractivity contribution < 1.29 is 9.53 Å². The maximum Gasteiger partial charge on any atom is 0.249 e. The first-order chi connectivity index (χ1) is 7.31. The Morgan fingerprint density at radius 1 is 1.50 bits per heavy atom. The fourth-order valence-corrected chi connectivity index (χ4v) is 1.80. The molecule has 0 heterocycles. The smallest absolute Gasteiger partial charge is 0.249 e. The quantitative estimate of drug-likeness (QED) is 0.755. The van der Waals surface area contributed by atoms with Crippen LogP contribution in [0.4, 0.5) is 0 Å². The maximum atomic E-state index is 11.7. The van der Waals surface area contributed by atoms with Crippen LogP contribution >= 0.6 is 0 Å². The lowest BCUT2D eigenvalue weighted by Gasteiger charge is -2.36. The predicted molar refractivity (Wildman–Crippen MR) is 64.0 cm³/mol. The molecule has 1 aliphatic rings. The molecule has 1 aliphatic carbocycles. The molecule has 0 radical (unpaired) electrons. The highest BCUT2D eigenvalue weighted by atomic mass is 16.5. The molecule has 1 saturated carbocycles. The molecule has 4 nitrogen and oxygen atoms in total. The molecule has 1 fully saturated rings. The van der Waals surface area contributed by atoms with Crippen LogP contribution in [0.25, 0.3) is 0 Å². The first-order valence-electron chi connectivity index (χ1n) is 5.99. The number of ether oxygens (including phenoxy) is 1. The van der Waals surface area contributed by atoms with Crippen molar-refractivity contribution in [2.45, 2.75) is 58.3 Å². The van der Waals surface area contributed by atoms with E-state index in [2.05, 4.69) is 5.32 Å². The van der Waals surface area contributed by atoms with Gasteiger partial charge in [-0.15, -0.1) is 0 Å². The summed E-state index contributed by atoms with van der Waals surface area (Å²) in [6.07, 6.45) is 1.82. The molecule has 16 heavy (non-hydrogen) atoms. The predicted octanol–water partition coefficient (Wildman–Crippen LogP) is 1.04. The number of amides is 1. The molecule has 1 unspecified atom stereocenters. The second-order valence-corrected chi connectivity index (χ2v) is 5.71. The minimum Gasteiger partial charge on any atom is -0.365 e. The summed E-state index contributed by atoms with van der Waals surface area (Å²) in [6.45, 7) is 8.42. The number of carbonyl (C=O) groups excluding carboxylic acids is 1. The zero-order valence-corrected chi connectivity index (χ0v) is 10.7. The molecule has 0 spiro atoms. The molecule has 0 aliphatic heterocycles. The summed E-state index contributed by atoms with van der Waals surface area (Å²) in [5.41, 5.74) is 5.33. The molecule has 4 heteroatoms. The van der Waals surface area contributed by atoms with E-state index in [1.54, 1.807) is 6.92 Å². The average molecular weight is 228 g/mol. The highest BCUT2D eigenvalue weighted by Gasteiger charge is 2.31. The first-order valence-corrected chi connectivity index (χ1v) is 5.99. The van der Waals surface area contributed by atoms with E-state index in [0.717, 1.165) is 19.4 Å². The Hall–Kier alpha value is -0.610. The third kappa shape index (κ3) is 4.10. The van der Waals surface area contributed by atoms with Crippen molar-refractivity contribution in [1.29, 1.82) is 0 Å². The summed E-state index contributed by atoms with van der Waals surface area (Å²) in [4.78, 5) is 11.7. The van der Waals surface area contributed by atoms with Crippen molar-refractivity contribution in [3.8, 4) is 0 Å². The molecule has 1 amide bonds. The standard InChI is InChI=1S/C12H24N2O2/c1-8(11(15)14-12(2,3)4)16-10-5-9(6-10)7-13/h8-10H,5-7,13H2,1-4H3,(H,14,15). The molecule has 1 atom stereocenters. The van der Waals surface area contributed by atoms with Crippen molar-refractivity contribution >= 4 is 5.91 Å². The topological polar surface area (TPSA) is 64.3 Å². The van der Waals surface area contributed by atoms with E-state index in [0.29, 0.717) is 5.92 Å². The van der Waals surface area contributed by atoms with Gasteiger partial charge in [-0.1, -0.05) is 0 Å². The second-order valence-electron chi connectivity index (χ2n) is 5.71. The van der Waals surface area contributed by atoms with Gasteiger partial charge in [-0.05, 0) is 53.0 Å². The van der Waals surface area contributed by atoms with Crippen LogP contribution in [0.5, 0.6) is 0 Å². The van der Waals surface area contributed by atoms with Gasteiger partial charge >= 0.3 is 0 Å². The second kappa shape index (κ2) is 5.15. The lowest BCUT2D eigenvalue weighted by molar-refractivity contribution is -0.142. The van der Waals surface area contributed by atoms with Crippen molar-refractivity contribution in [3.05, 3.63) is 0 Å². The van der Waals surface area contributed by atoms with Crippen molar-refractivity contribution in [2.75, 3.05) is 6.54 Å². The molecule has 0 aromatic rings. The third-order valence-corrected chi connectivity index (χ3v) is 2.79. The Bertz CT molecular complexity index is 242. The van der Waals surface area contributed by atoms with Crippen LogP contribution in [-0.2, 0) is 9.53 Å². The van der Waals surface area contributed by atoms with Crippen LogP contribution in [0.2, 0.25) is 0 Å². The molecule has 3 N–H and O–H groups in total. The normalized spacial score (nSPS) is 27.1. The van der Waals surface area contributed by atoms with Crippen molar-refractivity contribution in [2.24, 2.45) is 11.7 Å². The van der Waals surface area contributed by atoms with E-state index >= 15 is 0 Å². The van der Waals surface area contributed by atoms with Crippen LogP contribution in [-0.4, -0.2) is 30.2 Å². The number of hydrogen-bond acceptors (Lipinski definition) is 3. The number of carbonyl (C=O) groups is 1. The Morgan fingerprint density at radius 2 is 2.06 bits per heavy atom. The van der Waals surface area contributed by atoms with E-state index in [1.807, 2.05) is 20.8 Å². The number of nitrogens with one attached hydrogen (secondary N) is 1. The Labute approximate surface area is 97.9 Å². The van der Waals surface area contributed by atoms with Crippen LogP contribution < -0.4 is 11.1 Å². The minimum absolute atomic E-state index is 0.0382. The summed E-state index contributed by atoms with van der Waals surface area (Å²) >= 11 is 0. The van der Waals surface area contributed by atoms with E-state index in [1.165, 1.54) is 0 Å². The molecule has 0 saturated heterocycles. The van der Waals surface area contributed by atoms with Gasteiger partial charge in [-0.25, -0.2) is 0 Å². The Kier molecular flexibility index (Phi) is 4.33. The maximum absolute atomic E-state index is 11.7. The summed E-state index contributed by atoms with van der Waals surface area (Å²) in [5.74, 6) is 0.548. The number of hydrogen-bond donors (Lipinski definition) is 2. The van der Waals surface area contributed by atoms with Gasteiger partial charge in [0, 0.05) is 5.54 Å². The van der Waals surface area contributed by atoms with Crippen molar-refractivity contribution in [3.63, 3.8) is 0 Å². The summed E-state index contributed by atoms with van der Waals surface area (Å²) in [6, 6.07) is 0. The lowest BCUT2D eigenvalue weighted by Crippen LogP contribution is -2.48. The zero-order chi connectivity index (χ0) is 12.3. The van der Waals surface area contributed by atoms with E-state index < -0.39 is 0 Å². The van der Waals surface area contributed by atoms with E-state index in [-0.39, 0.29) is 23.7 Å². The molecular formula is C12H24N2O2. The van der Waals surface area contributed by atoms with E-state index in [9.17, 15) is 4.79 Å². The summed E-state index contributed by atoms with van der Waals surface area (Å²) < 4.78 is 5.66. The fourth-order valence-electron chi connectivity index (χ4n) is 1.80.